The third-order valence-electron chi connectivity index (χ3n) is 2.65. The van der Waals surface area contributed by atoms with Crippen molar-refractivity contribution in [1.82, 2.24) is 15.3 Å². The van der Waals surface area contributed by atoms with Crippen molar-refractivity contribution in [1.29, 1.82) is 0 Å². The van der Waals surface area contributed by atoms with Crippen molar-refractivity contribution in [3.63, 3.8) is 0 Å². The summed E-state index contributed by atoms with van der Waals surface area (Å²) < 4.78 is 0. The van der Waals surface area contributed by atoms with Crippen molar-refractivity contribution in [2.75, 3.05) is 6.54 Å². The molecule has 102 valence electrons. The van der Waals surface area contributed by atoms with Gasteiger partial charge in [-0.2, -0.15) is 0 Å². The van der Waals surface area contributed by atoms with Gasteiger partial charge in [-0.25, -0.2) is 4.98 Å². The lowest BCUT2D eigenvalue weighted by atomic mass is 10.1. The van der Waals surface area contributed by atoms with Crippen LogP contribution in [0.4, 0.5) is 0 Å². The van der Waals surface area contributed by atoms with E-state index in [0.29, 0.717) is 17.7 Å². The van der Waals surface area contributed by atoms with Gasteiger partial charge in [-0.15, -0.1) is 11.3 Å². The molecule has 6 heteroatoms. The number of rotatable bonds is 3. The van der Waals surface area contributed by atoms with Crippen LogP contribution in [0.5, 0.6) is 0 Å². The monoisotopic (exact) mass is 286 g/mol. The third-order valence-corrected chi connectivity index (χ3v) is 3.58. The van der Waals surface area contributed by atoms with Crippen LogP contribution >= 0.6 is 11.3 Å². The first-order valence-corrected chi connectivity index (χ1v) is 6.90. The maximum atomic E-state index is 12.2. The summed E-state index contributed by atoms with van der Waals surface area (Å²) in [5, 5.41) is 2.86. The van der Waals surface area contributed by atoms with Crippen LogP contribution in [-0.2, 0) is 6.54 Å². The van der Waals surface area contributed by atoms with Crippen molar-refractivity contribution in [3.8, 4) is 11.8 Å². The minimum atomic E-state index is -0.179. The van der Waals surface area contributed by atoms with Crippen molar-refractivity contribution in [2.24, 2.45) is 5.73 Å². The van der Waals surface area contributed by atoms with Crippen LogP contribution in [0.3, 0.4) is 0 Å². The number of nitrogens with two attached hydrogens (primary N) is 1. The van der Waals surface area contributed by atoms with E-state index in [1.54, 1.807) is 24.0 Å². The Balaban J connectivity index is 2.11. The first-order chi connectivity index (χ1) is 9.72. The Morgan fingerprint density at radius 1 is 1.55 bits per heavy atom. The Morgan fingerprint density at radius 3 is 3.10 bits per heavy atom. The molecular formula is C14H14N4OS. The molecule has 20 heavy (non-hydrogen) atoms. The number of nitrogens with zero attached hydrogens (tertiary/aromatic N) is 2. The number of hydrogen-bond donors (Lipinski definition) is 2. The number of carbonyl (C=O) groups is 1. The lowest BCUT2D eigenvalue weighted by Gasteiger charge is -2.05. The molecule has 2 heterocycles. The van der Waals surface area contributed by atoms with Gasteiger partial charge in [0.05, 0.1) is 35.4 Å². The number of pyridine rings is 1. The van der Waals surface area contributed by atoms with Gasteiger partial charge in [0.2, 0.25) is 0 Å². The molecule has 3 N–H and O–H groups in total. The fourth-order valence-electron chi connectivity index (χ4n) is 1.59. The fourth-order valence-corrected chi connectivity index (χ4v) is 2.31. The van der Waals surface area contributed by atoms with Crippen LogP contribution in [-0.4, -0.2) is 22.4 Å². The smallest absolute Gasteiger partial charge is 0.252 e. The minimum absolute atomic E-state index is 0.179. The Labute approximate surface area is 121 Å². The number of aromatic nitrogens is 2. The average Bonchev–Trinajstić information content (AvgIpc) is 2.88. The summed E-state index contributed by atoms with van der Waals surface area (Å²) in [6, 6.07) is 1.65. The average molecular weight is 286 g/mol. The van der Waals surface area contributed by atoms with Gasteiger partial charge in [0.25, 0.3) is 5.91 Å². The van der Waals surface area contributed by atoms with Crippen LogP contribution < -0.4 is 11.1 Å². The number of amides is 1. The maximum absolute atomic E-state index is 12.2. The molecule has 0 bridgehead atoms. The van der Waals surface area contributed by atoms with E-state index in [1.165, 1.54) is 11.3 Å². The second-order valence-corrected chi connectivity index (χ2v) is 4.91. The molecule has 0 aliphatic carbocycles. The van der Waals surface area contributed by atoms with E-state index < -0.39 is 0 Å². The molecule has 0 spiro atoms. The topological polar surface area (TPSA) is 80.9 Å². The predicted molar refractivity (Wildman–Crippen MR) is 78.2 cm³/mol. The van der Waals surface area contributed by atoms with Crippen molar-refractivity contribution in [2.45, 2.75) is 13.5 Å². The number of thiazole rings is 1. The summed E-state index contributed by atoms with van der Waals surface area (Å²) in [5.41, 5.74) is 9.13. The number of nitrogens with one attached hydrogen (secondary N) is 1. The van der Waals surface area contributed by atoms with Crippen LogP contribution in [0.2, 0.25) is 0 Å². The maximum Gasteiger partial charge on any atom is 0.252 e. The van der Waals surface area contributed by atoms with Crippen molar-refractivity contribution < 1.29 is 4.79 Å². The van der Waals surface area contributed by atoms with Crippen LogP contribution in [0.15, 0.2) is 24.0 Å². The number of carbonyl (C=O) groups excluding carboxylic acids is 1. The molecule has 2 rings (SSSR count). The van der Waals surface area contributed by atoms with Gasteiger partial charge in [0.15, 0.2) is 0 Å². The molecule has 0 radical (unpaired) electrons. The molecule has 5 nitrogen and oxygen atoms in total. The largest absolute Gasteiger partial charge is 0.347 e. The lowest BCUT2D eigenvalue weighted by molar-refractivity contribution is 0.0951. The zero-order valence-electron chi connectivity index (χ0n) is 11.0. The summed E-state index contributed by atoms with van der Waals surface area (Å²) in [7, 11) is 0. The van der Waals surface area contributed by atoms with E-state index in [-0.39, 0.29) is 12.5 Å². The zero-order chi connectivity index (χ0) is 14.4. The van der Waals surface area contributed by atoms with Crippen LogP contribution in [0.1, 0.15) is 26.5 Å². The van der Waals surface area contributed by atoms with Crippen LogP contribution in [0.25, 0.3) is 0 Å². The van der Waals surface area contributed by atoms with E-state index in [4.69, 9.17) is 5.73 Å². The molecule has 0 aliphatic rings. The summed E-state index contributed by atoms with van der Waals surface area (Å²) in [5.74, 6) is 5.40. The molecule has 0 saturated heterocycles. The minimum Gasteiger partial charge on any atom is -0.347 e. The first-order valence-electron chi connectivity index (χ1n) is 6.02. The standard InChI is InChI=1S/C14H14N4OS/c1-10-13(20-9-18-10)8-17-14(19)12-4-6-16-7-11(12)3-2-5-15/h4,6-7,9H,5,8,15H2,1H3,(H,17,19). The molecule has 0 aromatic carbocycles. The van der Waals surface area contributed by atoms with E-state index in [2.05, 4.69) is 27.1 Å². The second-order valence-electron chi connectivity index (χ2n) is 3.97. The molecule has 0 atom stereocenters. The highest BCUT2D eigenvalue weighted by atomic mass is 32.1. The van der Waals surface area contributed by atoms with E-state index in [9.17, 15) is 4.79 Å². The van der Waals surface area contributed by atoms with Crippen molar-refractivity contribution >= 4 is 17.2 Å². The normalized spacial score (nSPS) is 9.70. The van der Waals surface area contributed by atoms with E-state index in [0.717, 1.165) is 10.6 Å². The third kappa shape index (κ3) is 3.41. The summed E-state index contributed by atoms with van der Waals surface area (Å²) >= 11 is 1.52. The quantitative estimate of drug-likeness (QED) is 0.828. The highest BCUT2D eigenvalue weighted by Gasteiger charge is 2.11. The molecule has 0 aliphatic heterocycles. The lowest BCUT2D eigenvalue weighted by Crippen LogP contribution is -2.23. The molecule has 1 amide bonds. The Hall–Kier alpha value is -2.23. The molecule has 0 saturated carbocycles. The zero-order valence-corrected chi connectivity index (χ0v) is 11.8. The Morgan fingerprint density at radius 2 is 2.40 bits per heavy atom. The van der Waals surface area contributed by atoms with E-state index >= 15 is 0 Å². The predicted octanol–water partition coefficient (Wildman–Crippen LogP) is 1.09. The number of hydrogen-bond acceptors (Lipinski definition) is 5. The van der Waals surface area contributed by atoms with Gasteiger partial charge in [0, 0.05) is 17.3 Å². The number of aryl methyl sites for hydroxylation is 1. The highest BCUT2D eigenvalue weighted by molar-refractivity contribution is 7.09. The molecule has 2 aromatic heterocycles. The van der Waals surface area contributed by atoms with Gasteiger partial charge in [-0.1, -0.05) is 11.8 Å². The summed E-state index contributed by atoms with van der Waals surface area (Å²) in [6.07, 6.45) is 3.13. The summed E-state index contributed by atoms with van der Waals surface area (Å²) in [6.45, 7) is 2.63. The van der Waals surface area contributed by atoms with Gasteiger partial charge in [0.1, 0.15) is 0 Å². The van der Waals surface area contributed by atoms with Crippen molar-refractivity contribution in [3.05, 3.63) is 45.7 Å². The Bertz CT molecular complexity index is 669. The molecule has 0 fully saturated rings. The van der Waals surface area contributed by atoms with Crippen LogP contribution in [0, 0.1) is 18.8 Å². The fraction of sp³-hybridized carbons (Fsp3) is 0.214. The first kappa shape index (κ1) is 14.2. The second kappa shape index (κ2) is 6.80. The SMILES string of the molecule is Cc1ncsc1CNC(=O)c1ccncc1C#CCN. The molecular weight excluding hydrogens is 272 g/mol. The summed E-state index contributed by atoms with van der Waals surface area (Å²) in [4.78, 5) is 21.3. The van der Waals surface area contributed by atoms with Gasteiger partial charge in [-0.05, 0) is 13.0 Å². The van der Waals surface area contributed by atoms with Gasteiger partial charge >= 0.3 is 0 Å². The Kier molecular flexibility index (Phi) is 4.82. The van der Waals surface area contributed by atoms with E-state index in [1.807, 2.05) is 6.92 Å². The molecule has 0 unspecified atom stereocenters. The van der Waals surface area contributed by atoms with Gasteiger partial charge in [-0.3, -0.25) is 9.78 Å². The molecule has 2 aromatic rings. The highest BCUT2D eigenvalue weighted by Crippen LogP contribution is 2.12. The van der Waals surface area contributed by atoms with Gasteiger partial charge < -0.3 is 11.1 Å².